The quantitative estimate of drug-likeness (QED) is 0.423. The van der Waals surface area contributed by atoms with Crippen molar-refractivity contribution < 1.29 is 29.9 Å². The maximum absolute atomic E-state index is 9.96. The minimum atomic E-state index is -1.41. The van der Waals surface area contributed by atoms with Crippen LogP contribution in [0.5, 0.6) is 5.88 Å². The predicted molar refractivity (Wildman–Crippen MR) is 82.0 cm³/mol. The van der Waals surface area contributed by atoms with E-state index in [1.54, 1.807) is 12.1 Å². The molecule has 1 aliphatic heterocycles. The van der Waals surface area contributed by atoms with Gasteiger partial charge in [-0.05, 0) is 12.5 Å². The third-order valence-corrected chi connectivity index (χ3v) is 3.69. The summed E-state index contributed by atoms with van der Waals surface area (Å²) in [4.78, 5) is 4.13. The van der Waals surface area contributed by atoms with E-state index in [2.05, 4.69) is 17.2 Å². The molecule has 0 spiro atoms. The normalized spacial score (nSPS) is 30.9. The van der Waals surface area contributed by atoms with E-state index in [1.165, 1.54) is 6.20 Å². The zero-order valence-corrected chi connectivity index (χ0v) is 13.0. The van der Waals surface area contributed by atoms with Crippen molar-refractivity contribution in [2.75, 3.05) is 18.5 Å². The summed E-state index contributed by atoms with van der Waals surface area (Å²) in [5.74, 6) is 0.498. The molecule has 2 rings (SSSR count). The van der Waals surface area contributed by atoms with Crippen molar-refractivity contribution in [3.8, 4) is 5.88 Å². The number of aliphatic hydroxyl groups excluding tert-OH is 4. The second kappa shape index (κ2) is 8.42. The van der Waals surface area contributed by atoms with Gasteiger partial charge in [0.2, 0.25) is 5.88 Å². The number of aliphatic hydroxyl groups is 4. The van der Waals surface area contributed by atoms with Gasteiger partial charge in [0.15, 0.2) is 6.23 Å². The van der Waals surface area contributed by atoms with Crippen molar-refractivity contribution in [3.05, 3.63) is 18.3 Å². The molecule has 1 aromatic heterocycles. The zero-order chi connectivity index (χ0) is 16.8. The first-order chi connectivity index (χ1) is 11.1. The van der Waals surface area contributed by atoms with Crippen LogP contribution in [0.2, 0.25) is 0 Å². The lowest BCUT2D eigenvalue weighted by Gasteiger charge is -2.40. The average molecular weight is 328 g/mol. The smallest absolute Gasteiger partial charge is 0.213 e. The fraction of sp³-hybridized carbons (Fsp3) is 0.667. The van der Waals surface area contributed by atoms with E-state index in [4.69, 9.17) is 14.6 Å². The summed E-state index contributed by atoms with van der Waals surface area (Å²) in [6.45, 7) is 2.21. The van der Waals surface area contributed by atoms with Gasteiger partial charge in [-0.25, -0.2) is 4.98 Å². The van der Waals surface area contributed by atoms with Crippen LogP contribution in [-0.4, -0.2) is 69.3 Å². The maximum atomic E-state index is 9.96. The van der Waals surface area contributed by atoms with Crippen molar-refractivity contribution in [3.63, 3.8) is 0 Å². The molecule has 8 heteroatoms. The lowest BCUT2D eigenvalue weighted by molar-refractivity contribution is -0.221. The molecular weight excluding hydrogens is 304 g/mol. The first kappa shape index (κ1) is 17.9. The average Bonchev–Trinajstić information content (AvgIpc) is 2.57. The highest BCUT2D eigenvalue weighted by Gasteiger charge is 2.43. The SMILES string of the molecule is CCCCOc1ccc(NC2O[C@H](CO)[C@@H](O)[C@H](O)[C@H]2O)cn1. The Hall–Kier alpha value is -1.45. The Kier molecular flexibility index (Phi) is 6.55. The molecule has 1 aliphatic rings. The van der Waals surface area contributed by atoms with Crippen LogP contribution in [0.25, 0.3) is 0 Å². The van der Waals surface area contributed by atoms with E-state index in [1.807, 2.05) is 0 Å². The van der Waals surface area contributed by atoms with Crippen LogP contribution in [0.15, 0.2) is 18.3 Å². The number of unbranched alkanes of at least 4 members (excludes halogenated alkanes) is 1. The molecule has 23 heavy (non-hydrogen) atoms. The first-order valence-corrected chi connectivity index (χ1v) is 7.72. The number of hydrogen-bond acceptors (Lipinski definition) is 8. The van der Waals surface area contributed by atoms with Crippen LogP contribution in [0.4, 0.5) is 5.69 Å². The molecule has 1 fully saturated rings. The molecule has 8 nitrogen and oxygen atoms in total. The third kappa shape index (κ3) is 4.52. The summed E-state index contributed by atoms with van der Waals surface area (Å²) in [6, 6.07) is 3.39. The molecule has 0 aliphatic carbocycles. The summed E-state index contributed by atoms with van der Waals surface area (Å²) < 4.78 is 10.8. The van der Waals surface area contributed by atoms with Gasteiger partial charge in [0, 0.05) is 6.07 Å². The Bertz CT molecular complexity index is 470. The van der Waals surface area contributed by atoms with Gasteiger partial charge in [-0.2, -0.15) is 0 Å². The fourth-order valence-electron chi connectivity index (χ4n) is 2.26. The van der Waals surface area contributed by atoms with Gasteiger partial charge < -0.3 is 35.2 Å². The second-order valence-corrected chi connectivity index (χ2v) is 5.48. The lowest BCUT2D eigenvalue weighted by atomic mass is 9.98. The van der Waals surface area contributed by atoms with Crippen LogP contribution in [0.1, 0.15) is 19.8 Å². The number of pyridine rings is 1. The lowest BCUT2D eigenvalue weighted by Crippen LogP contribution is -2.60. The van der Waals surface area contributed by atoms with Crippen molar-refractivity contribution in [1.29, 1.82) is 0 Å². The minimum absolute atomic E-state index is 0.467. The Morgan fingerprint density at radius 1 is 1.22 bits per heavy atom. The fourth-order valence-corrected chi connectivity index (χ4v) is 2.26. The number of hydrogen-bond donors (Lipinski definition) is 5. The van der Waals surface area contributed by atoms with Gasteiger partial charge in [-0.1, -0.05) is 13.3 Å². The molecule has 0 amide bonds. The molecule has 0 aromatic carbocycles. The van der Waals surface area contributed by atoms with Crippen LogP contribution in [-0.2, 0) is 4.74 Å². The zero-order valence-electron chi connectivity index (χ0n) is 13.0. The number of rotatable bonds is 7. The Labute approximate surface area is 134 Å². The van der Waals surface area contributed by atoms with Gasteiger partial charge in [0.1, 0.15) is 24.4 Å². The summed E-state index contributed by atoms with van der Waals surface area (Å²) in [5.41, 5.74) is 0.553. The number of ether oxygens (including phenoxy) is 2. The Morgan fingerprint density at radius 2 is 2.00 bits per heavy atom. The Balaban J connectivity index is 1.95. The molecule has 1 aromatic rings. The van der Waals surface area contributed by atoms with Crippen LogP contribution in [0, 0.1) is 0 Å². The summed E-state index contributed by atoms with van der Waals surface area (Å²) >= 11 is 0. The molecule has 1 unspecified atom stereocenters. The summed E-state index contributed by atoms with van der Waals surface area (Å²) in [6.07, 6.45) is -2.54. The van der Waals surface area contributed by atoms with Crippen LogP contribution in [0.3, 0.4) is 0 Å². The molecule has 130 valence electrons. The molecule has 1 saturated heterocycles. The summed E-state index contributed by atoms with van der Waals surface area (Å²) in [5, 5.41) is 41.5. The van der Waals surface area contributed by atoms with E-state index in [0.29, 0.717) is 18.2 Å². The van der Waals surface area contributed by atoms with Crippen molar-refractivity contribution in [1.82, 2.24) is 4.98 Å². The number of anilines is 1. The number of nitrogens with one attached hydrogen (secondary N) is 1. The Morgan fingerprint density at radius 3 is 2.61 bits per heavy atom. The molecule has 5 atom stereocenters. The van der Waals surface area contributed by atoms with Crippen LogP contribution >= 0.6 is 0 Å². The monoisotopic (exact) mass is 328 g/mol. The van der Waals surface area contributed by atoms with E-state index >= 15 is 0 Å². The highest BCUT2D eigenvalue weighted by Crippen LogP contribution is 2.23. The predicted octanol–water partition coefficient (Wildman–Crippen LogP) is -0.528. The standard InChI is InChI=1S/C15H24N2O6/c1-2-3-6-22-11-5-4-9(7-16-11)17-15-14(21)13(20)12(19)10(8-18)23-15/h4-5,7,10,12-15,17-21H,2-3,6,8H2,1H3/t10-,12-,13+,14-,15?/m1/s1. The topological polar surface area (TPSA) is 124 Å². The highest BCUT2D eigenvalue weighted by molar-refractivity contribution is 5.43. The van der Waals surface area contributed by atoms with E-state index in [-0.39, 0.29) is 0 Å². The van der Waals surface area contributed by atoms with Gasteiger partial charge in [0.25, 0.3) is 0 Å². The largest absolute Gasteiger partial charge is 0.478 e. The van der Waals surface area contributed by atoms with E-state index < -0.39 is 37.3 Å². The first-order valence-electron chi connectivity index (χ1n) is 7.72. The second-order valence-electron chi connectivity index (χ2n) is 5.48. The number of nitrogens with zero attached hydrogens (tertiary/aromatic N) is 1. The third-order valence-electron chi connectivity index (χ3n) is 3.69. The summed E-state index contributed by atoms with van der Waals surface area (Å²) in [7, 11) is 0. The van der Waals surface area contributed by atoms with Gasteiger partial charge in [-0.3, -0.25) is 0 Å². The highest BCUT2D eigenvalue weighted by atomic mass is 16.6. The maximum Gasteiger partial charge on any atom is 0.213 e. The molecule has 2 heterocycles. The van der Waals surface area contributed by atoms with Crippen molar-refractivity contribution in [2.45, 2.75) is 50.4 Å². The van der Waals surface area contributed by atoms with E-state index in [0.717, 1.165) is 12.8 Å². The van der Waals surface area contributed by atoms with Gasteiger partial charge in [-0.15, -0.1) is 0 Å². The van der Waals surface area contributed by atoms with Gasteiger partial charge >= 0.3 is 0 Å². The molecular formula is C15H24N2O6. The van der Waals surface area contributed by atoms with Crippen molar-refractivity contribution in [2.24, 2.45) is 0 Å². The van der Waals surface area contributed by atoms with Gasteiger partial charge in [0.05, 0.1) is 25.1 Å². The molecule has 5 N–H and O–H groups in total. The van der Waals surface area contributed by atoms with E-state index in [9.17, 15) is 15.3 Å². The molecule has 0 radical (unpaired) electrons. The van der Waals surface area contributed by atoms with Crippen molar-refractivity contribution >= 4 is 5.69 Å². The minimum Gasteiger partial charge on any atom is -0.478 e. The van der Waals surface area contributed by atoms with Crippen LogP contribution < -0.4 is 10.1 Å². The number of aromatic nitrogens is 1. The molecule has 0 saturated carbocycles. The molecule has 0 bridgehead atoms.